The van der Waals surface area contributed by atoms with Crippen molar-refractivity contribution in [3.8, 4) is 23.0 Å². The third kappa shape index (κ3) is 6.78. The lowest BCUT2D eigenvalue weighted by molar-refractivity contribution is -0.120. The average Bonchev–Trinajstić information content (AvgIpc) is 3.00. The highest BCUT2D eigenvalue weighted by atomic mass is 16.5. The van der Waals surface area contributed by atoms with E-state index in [0.717, 1.165) is 50.2 Å². The molecule has 0 aromatic heterocycles. The number of amides is 1. The van der Waals surface area contributed by atoms with Crippen LogP contribution in [0.5, 0.6) is 23.0 Å². The zero-order chi connectivity index (χ0) is 23.6. The van der Waals surface area contributed by atoms with Crippen LogP contribution in [0.15, 0.2) is 36.4 Å². The summed E-state index contributed by atoms with van der Waals surface area (Å²) in [5.41, 5.74) is 2.00. The number of rotatable bonds is 11. The summed E-state index contributed by atoms with van der Waals surface area (Å²) in [5, 5.41) is 3.05. The predicted octanol–water partition coefficient (Wildman–Crippen LogP) is 3.82. The number of benzene rings is 2. The first-order chi connectivity index (χ1) is 16.1. The number of unbranched alkanes of at least 4 members (excludes halogenated alkanes) is 1. The van der Waals surface area contributed by atoms with E-state index in [-0.39, 0.29) is 18.4 Å². The molecule has 1 unspecified atom stereocenters. The molecule has 0 aliphatic carbocycles. The number of hydrogen-bond donors (Lipinski definition) is 1. The largest absolute Gasteiger partial charge is 0.493 e. The highest BCUT2D eigenvalue weighted by Crippen LogP contribution is 2.38. The molecule has 1 N–H and O–H groups in total. The molecule has 0 radical (unpaired) electrons. The van der Waals surface area contributed by atoms with Crippen molar-refractivity contribution in [3.05, 3.63) is 47.5 Å². The van der Waals surface area contributed by atoms with Crippen molar-refractivity contribution in [1.29, 1.82) is 0 Å². The second kappa shape index (κ2) is 12.3. The van der Waals surface area contributed by atoms with Crippen LogP contribution in [-0.4, -0.2) is 57.9 Å². The number of hydrogen-bond acceptors (Lipinski definition) is 6. The molecule has 0 saturated heterocycles. The van der Waals surface area contributed by atoms with Gasteiger partial charge in [0.2, 0.25) is 11.7 Å². The third-order valence-electron chi connectivity index (χ3n) is 5.84. The molecule has 0 spiro atoms. The first-order valence-corrected chi connectivity index (χ1v) is 11.6. The molecule has 2 aromatic rings. The van der Waals surface area contributed by atoms with Crippen molar-refractivity contribution in [2.45, 2.75) is 45.3 Å². The molecule has 0 fully saturated rings. The van der Waals surface area contributed by atoms with Gasteiger partial charge in [-0.15, -0.1) is 0 Å². The maximum absolute atomic E-state index is 12.6. The molecule has 7 heteroatoms. The number of ether oxygens (including phenoxy) is 4. The van der Waals surface area contributed by atoms with Crippen LogP contribution in [-0.2, 0) is 17.8 Å². The number of methoxy groups -OCH3 is 3. The monoisotopic (exact) mass is 456 g/mol. The van der Waals surface area contributed by atoms with Crippen LogP contribution in [0.4, 0.5) is 0 Å². The van der Waals surface area contributed by atoms with Gasteiger partial charge in [-0.05, 0) is 36.6 Å². The average molecular weight is 457 g/mol. The van der Waals surface area contributed by atoms with Crippen LogP contribution >= 0.6 is 0 Å². The summed E-state index contributed by atoms with van der Waals surface area (Å²) in [4.78, 5) is 15.0. The molecule has 0 bridgehead atoms. The Labute approximate surface area is 197 Å². The summed E-state index contributed by atoms with van der Waals surface area (Å²) in [6.07, 6.45) is 3.74. The van der Waals surface area contributed by atoms with Gasteiger partial charge in [-0.25, -0.2) is 0 Å². The second-order valence-electron chi connectivity index (χ2n) is 8.29. The zero-order valence-electron chi connectivity index (χ0n) is 20.2. The Morgan fingerprint density at radius 1 is 1.12 bits per heavy atom. The van der Waals surface area contributed by atoms with E-state index in [1.54, 1.807) is 21.3 Å². The molecule has 3 rings (SSSR count). The Morgan fingerprint density at radius 3 is 2.52 bits per heavy atom. The van der Waals surface area contributed by atoms with Gasteiger partial charge in [0.15, 0.2) is 11.5 Å². The number of nitrogens with zero attached hydrogens (tertiary/aromatic N) is 1. The summed E-state index contributed by atoms with van der Waals surface area (Å²) >= 11 is 0. The Morgan fingerprint density at radius 2 is 1.85 bits per heavy atom. The van der Waals surface area contributed by atoms with Crippen LogP contribution in [0.1, 0.15) is 37.3 Å². The highest BCUT2D eigenvalue weighted by molar-refractivity contribution is 5.79. The molecule has 1 heterocycles. The van der Waals surface area contributed by atoms with Gasteiger partial charge in [0.25, 0.3) is 0 Å². The van der Waals surface area contributed by atoms with Crippen LogP contribution in [0.3, 0.4) is 0 Å². The third-order valence-corrected chi connectivity index (χ3v) is 5.84. The SMILES string of the molecule is CCCCC1CN(CCNC(=O)Cc2cc(OC)c(OC)c(OC)c2)Cc2ccccc2O1. The minimum absolute atomic E-state index is 0.0433. The fraction of sp³-hybridized carbons (Fsp3) is 0.500. The second-order valence-corrected chi connectivity index (χ2v) is 8.29. The van der Waals surface area contributed by atoms with E-state index in [1.807, 2.05) is 24.3 Å². The van der Waals surface area contributed by atoms with Gasteiger partial charge in [-0.3, -0.25) is 9.69 Å². The molecule has 180 valence electrons. The topological polar surface area (TPSA) is 69.3 Å². The van der Waals surface area contributed by atoms with Gasteiger partial charge >= 0.3 is 0 Å². The summed E-state index contributed by atoms with van der Waals surface area (Å²) in [6, 6.07) is 11.9. The fourth-order valence-electron chi connectivity index (χ4n) is 4.15. The van der Waals surface area contributed by atoms with E-state index in [4.69, 9.17) is 18.9 Å². The molecule has 7 nitrogen and oxygen atoms in total. The van der Waals surface area contributed by atoms with Crippen LogP contribution in [0.25, 0.3) is 0 Å². The van der Waals surface area contributed by atoms with Crippen molar-refractivity contribution >= 4 is 5.91 Å². The lowest BCUT2D eigenvalue weighted by Crippen LogP contribution is -2.39. The van der Waals surface area contributed by atoms with E-state index >= 15 is 0 Å². The van der Waals surface area contributed by atoms with E-state index in [0.29, 0.717) is 23.8 Å². The van der Waals surface area contributed by atoms with Crippen molar-refractivity contribution in [2.75, 3.05) is 41.0 Å². The number of nitrogens with one attached hydrogen (secondary N) is 1. The first-order valence-electron chi connectivity index (χ1n) is 11.6. The number of carbonyl (C=O) groups is 1. The zero-order valence-corrected chi connectivity index (χ0v) is 20.2. The molecule has 1 amide bonds. The Balaban J connectivity index is 1.57. The molecule has 1 atom stereocenters. The smallest absolute Gasteiger partial charge is 0.224 e. The molecular formula is C26H36N2O5. The van der Waals surface area contributed by atoms with E-state index in [2.05, 4.69) is 29.3 Å². The normalized spacial score (nSPS) is 15.7. The lowest BCUT2D eigenvalue weighted by atomic mass is 10.1. The van der Waals surface area contributed by atoms with Crippen LogP contribution < -0.4 is 24.3 Å². The maximum atomic E-state index is 12.6. The van der Waals surface area contributed by atoms with Gasteiger partial charge in [-0.1, -0.05) is 31.5 Å². The predicted molar refractivity (Wildman–Crippen MR) is 128 cm³/mol. The summed E-state index contributed by atoms with van der Waals surface area (Å²) in [6.45, 7) is 5.22. The Hall–Kier alpha value is -2.93. The number of carbonyl (C=O) groups excluding carboxylic acids is 1. The van der Waals surface area contributed by atoms with Crippen molar-refractivity contribution in [2.24, 2.45) is 0 Å². The van der Waals surface area contributed by atoms with Crippen molar-refractivity contribution < 1.29 is 23.7 Å². The molecule has 1 aliphatic heterocycles. The van der Waals surface area contributed by atoms with Crippen molar-refractivity contribution in [3.63, 3.8) is 0 Å². The Kier molecular flexibility index (Phi) is 9.24. The van der Waals surface area contributed by atoms with Gasteiger partial charge in [0.1, 0.15) is 11.9 Å². The van der Waals surface area contributed by atoms with E-state index < -0.39 is 0 Å². The first kappa shape index (κ1) is 24.7. The van der Waals surface area contributed by atoms with Gasteiger partial charge in [0, 0.05) is 31.7 Å². The molecule has 1 aliphatic rings. The summed E-state index contributed by atoms with van der Waals surface area (Å²) < 4.78 is 22.4. The molecule has 33 heavy (non-hydrogen) atoms. The minimum Gasteiger partial charge on any atom is -0.493 e. The minimum atomic E-state index is -0.0433. The lowest BCUT2D eigenvalue weighted by Gasteiger charge is -2.24. The van der Waals surface area contributed by atoms with E-state index in [9.17, 15) is 4.79 Å². The van der Waals surface area contributed by atoms with Gasteiger partial charge < -0.3 is 24.3 Å². The maximum Gasteiger partial charge on any atom is 0.224 e. The molecule has 0 saturated carbocycles. The number of fused-ring (bicyclic) bond motifs is 1. The Bertz CT molecular complexity index is 892. The summed E-state index contributed by atoms with van der Waals surface area (Å²) in [5.74, 6) is 2.54. The van der Waals surface area contributed by atoms with Crippen LogP contribution in [0, 0.1) is 0 Å². The van der Waals surface area contributed by atoms with Crippen molar-refractivity contribution in [1.82, 2.24) is 10.2 Å². The quantitative estimate of drug-likeness (QED) is 0.554. The van der Waals surface area contributed by atoms with Crippen LogP contribution in [0.2, 0.25) is 0 Å². The fourth-order valence-corrected chi connectivity index (χ4v) is 4.15. The molecular weight excluding hydrogens is 420 g/mol. The molecule has 2 aromatic carbocycles. The van der Waals surface area contributed by atoms with E-state index in [1.165, 1.54) is 5.56 Å². The number of para-hydroxylation sites is 1. The van der Waals surface area contributed by atoms with Gasteiger partial charge in [0.05, 0.1) is 27.8 Å². The highest BCUT2D eigenvalue weighted by Gasteiger charge is 2.22. The van der Waals surface area contributed by atoms with Gasteiger partial charge in [-0.2, -0.15) is 0 Å². The summed E-state index contributed by atoms with van der Waals surface area (Å²) in [7, 11) is 4.70. The standard InChI is InChI=1S/C26H36N2O5/c1-5-6-10-21-18-28(17-20-9-7-8-11-22(20)33-21)13-12-27-25(29)16-19-14-23(30-2)26(32-4)24(15-19)31-3/h7-9,11,14-15,21H,5-6,10,12-13,16-18H2,1-4H3,(H,27,29).